The number of hydrogen-bond donors (Lipinski definition) is 2. The lowest BCUT2D eigenvalue weighted by molar-refractivity contribution is 0.202. The smallest absolute Gasteiger partial charge is 0.213 e. The van der Waals surface area contributed by atoms with Crippen LogP contribution in [0.2, 0.25) is 5.02 Å². The average molecular weight is 465 g/mol. The van der Waals surface area contributed by atoms with E-state index in [2.05, 4.69) is 20.0 Å². The van der Waals surface area contributed by atoms with Gasteiger partial charge in [0, 0.05) is 60.4 Å². The number of H-pyrrole nitrogens is 1. The number of aromatic amines is 1. The Bertz CT molecular complexity index is 1550. The van der Waals surface area contributed by atoms with E-state index in [4.69, 9.17) is 22.3 Å². The SMILES string of the molecule is Cn1cc2c(Cl)c(-c3c[nH]c4nc(N5[C@@H]6CC[C@H]5[C@H](F)[C@H](N)C6)n5ccnc5c34)ccc2n1. The lowest BCUT2D eigenvalue weighted by Gasteiger charge is -2.40. The summed E-state index contributed by atoms with van der Waals surface area (Å²) in [4.78, 5) is 15.1. The molecule has 10 heteroatoms. The number of nitrogens with two attached hydrogens (primary N) is 1. The molecule has 0 aliphatic carbocycles. The highest BCUT2D eigenvalue weighted by atomic mass is 35.5. The first-order chi connectivity index (χ1) is 16.0. The van der Waals surface area contributed by atoms with Gasteiger partial charge in [-0.1, -0.05) is 17.7 Å². The summed E-state index contributed by atoms with van der Waals surface area (Å²) in [6, 6.07) is 3.46. The molecule has 3 N–H and O–H groups in total. The van der Waals surface area contributed by atoms with Crippen molar-refractivity contribution in [2.45, 2.75) is 43.6 Å². The largest absolute Gasteiger partial charge is 0.345 e. The molecule has 2 bridgehead atoms. The fraction of sp³-hybridized carbons (Fsp3) is 0.348. The van der Waals surface area contributed by atoms with E-state index < -0.39 is 12.2 Å². The van der Waals surface area contributed by atoms with Crippen molar-refractivity contribution in [1.82, 2.24) is 29.1 Å². The van der Waals surface area contributed by atoms with Gasteiger partial charge in [0.1, 0.15) is 11.8 Å². The third-order valence-corrected chi connectivity index (χ3v) is 7.68. The maximum atomic E-state index is 15.0. The quantitative estimate of drug-likeness (QED) is 0.414. The second-order valence-electron chi connectivity index (χ2n) is 9.17. The van der Waals surface area contributed by atoms with E-state index in [0.717, 1.165) is 45.9 Å². The molecule has 2 aliphatic rings. The van der Waals surface area contributed by atoms with Crippen LogP contribution in [0.1, 0.15) is 19.3 Å². The molecule has 4 aromatic heterocycles. The zero-order chi connectivity index (χ0) is 22.4. The topological polar surface area (TPSA) is 93.1 Å². The monoisotopic (exact) mass is 464 g/mol. The highest BCUT2D eigenvalue weighted by Gasteiger charge is 2.48. The molecule has 1 aromatic carbocycles. The summed E-state index contributed by atoms with van der Waals surface area (Å²) < 4.78 is 18.7. The van der Waals surface area contributed by atoms with Gasteiger partial charge in [0.15, 0.2) is 5.65 Å². The molecule has 4 atom stereocenters. The molecule has 5 aromatic rings. The van der Waals surface area contributed by atoms with Crippen LogP contribution in [0.5, 0.6) is 0 Å². The molecule has 0 saturated carbocycles. The average Bonchev–Trinajstić information content (AvgIpc) is 3.56. The molecule has 6 heterocycles. The van der Waals surface area contributed by atoms with Gasteiger partial charge in [0.25, 0.3) is 0 Å². The number of benzene rings is 1. The highest BCUT2D eigenvalue weighted by molar-refractivity contribution is 6.38. The van der Waals surface area contributed by atoms with Crippen LogP contribution in [0.3, 0.4) is 0 Å². The second-order valence-corrected chi connectivity index (χ2v) is 9.55. The van der Waals surface area contributed by atoms with Gasteiger partial charge in [-0.05, 0) is 25.3 Å². The van der Waals surface area contributed by atoms with Crippen LogP contribution in [0.15, 0.2) is 36.9 Å². The first-order valence-corrected chi connectivity index (χ1v) is 11.5. The van der Waals surface area contributed by atoms with Crippen molar-refractivity contribution in [3.63, 3.8) is 0 Å². The maximum absolute atomic E-state index is 15.0. The molecular formula is C23H22ClFN8. The molecule has 0 spiro atoms. The van der Waals surface area contributed by atoms with Gasteiger partial charge in [0.05, 0.1) is 22.0 Å². The summed E-state index contributed by atoms with van der Waals surface area (Å²) in [5.74, 6) is 0.708. The van der Waals surface area contributed by atoms with Gasteiger partial charge in [-0.25, -0.2) is 9.37 Å². The number of alkyl halides is 1. The van der Waals surface area contributed by atoms with E-state index >= 15 is 0 Å². The minimum atomic E-state index is -1.07. The number of piperidine rings is 1. The van der Waals surface area contributed by atoms with Gasteiger partial charge >= 0.3 is 0 Å². The van der Waals surface area contributed by atoms with E-state index in [-0.39, 0.29) is 12.1 Å². The molecule has 168 valence electrons. The predicted molar refractivity (Wildman–Crippen MR) is 126 cm³/mol. The number of aromatic nitrogens is 6. The predicted octanol–water partition coefficient (Wildman–Crippen LogP) is 3.82. The molecule has 33 heavy (non-hydrogen) atoms. The molecule has 2 saturated heterocycles. The van der Waals surface area contributed by atoms with E-state index in [1.54, 1.807) is 10.9 Å². The number of fused-ring (bicyclic) bond motifs is 6. The van der Waals surface area contributed by atoms with E-state index in [1.807, 2.05) is 42.2 Å². The van der Waals surface area contributed by atoms with Crippen LogP contribution in [-0.2, 0) is 7.05 Å². The Morgan fingerprint density at radius 3 is 3.00 bits per heavy atom. The fourth-order valence-electron chi connectivity index (χ4n) is 5.81. The summed E-state index contributed by atoms with van der Waals surface area (Å²) in [6.45, 7) is 0. The summed E-state index contributed by atoms with van der Waals surface area (Å²) in [5.41, 5.74) is 10.2. The lowest BCUT2D eigenvalue weighted by Crippen LogP contribution is -2.56. The minimum absolute atomic E-state index is 0.185. The zero-order valence-corrected chi connectivity index (χ0v) is 18.7. The van der Waals surface area contributed by atoms with Crippen LogP contribution < -0.4 is 10.6 Å². The third kappa shape index (κ3) is 2.57. The Balaban J connectivity index is 1.44. The molecule has 2 aliphatic heterocycles. The number of anilines is 1. The number of nitrogens with zero attached hydrogens (tertiary/aromatic N) is 6. The normalized spacial score (nSPS) is 25.2. The Labute approximate surface area is 193 Å². The Hall–Kier alpha value is -3.17. The third-order valence-electron chi connectivity index (χ3n) is 7.28. The second kappa shape index (κ2) is 6.68. The number of hydrogen-bond acceptors (Lipinski definition) is 5. The number of imidazole rings is 1. The van der Waals surface area contributed by atoms with Gasteiger partial charge < -0.3 is 15.6 Å². The number of aryl methyl sites for hydroxylation is 1. The summed E-state index contributed by atoms with van der Waals surface area (Å²) in [6.07, 6.45) is 8.75. The van der Waals surface area contributed by atoms with Crippen molar-refractivity contribution >= 4 is 45.1 Å². The van der Waals surface area contributed by atoms with Crippen LogP contribution >= 0.6 is 11.6 Å². The summed E-state index contributed by atoms with van der Waals surface area (Å²) >= 11 is 6.82. The Morgan fingerprint density at radius 2 is 2.12 bits per heavy atom. The minimum Gasteiger partial charge on any atom is -0.345 e. The molecule has 7 rings (SSSR count). The first-order valence-electron chi connectivity index (χ1n) is 11.2. The van der Waals surface area contributed by atoms with Crippen LogP contribution in [-0.4, -0.2) is 53.4 Å². The van der Waals surface area contributed by atoms with E-state index in [1.165, 1.54) is 0 Å². The Kier molecular flexibility index (Phi) is 3.91. The fourth-order valence-corrected chi connectivity index (χ4v) is 6.12. The van der Waals surface area contributed by atoms with Crippen molar-refractivity contribution in [3.8, 4) is 11.1 Å². The lowest BCUT2D eigenvalue weighted by atomic mass is 9.96. The van der Waals surface area contributed by atoms with Gasteiger partial charge in [-0.3, -0.25) is 9.08 Å². The molecule has 0 radical (unpaired) electrons. The van der Waals surface area contributed by atoms with E-state index in [0.29, 0.717) is 23.0 Å². The Morgan fingerprint density at radius 1 is 1.24 bits per heavy atom. The first kappa shape index (κ1) is 19.3. The number of halogens is 2. The molecule has 0 unspecified atom stereocenters. The number of rotatable bonds is 2. The number of nitrogens with one attached hydrogen (secondary N) is 1. The van der Waals surface area contributed by atoms with Crippen molar-refractivity contribution in [2.75, 3.05) is 4.90 Å². The van der Waals surface area contributed by atoms with Gasteiger partial charge in [-0.15, -0.1) is 0 Å². The molecular weight excluding hydrogens is 443 g/mol. The van der Waals surface area contributed by atoms with Gasteiger partial charge in [0.2, 0.25) is 5.95 Å². The summed E-state index contributed by atoms with van der Waals surface area (Å²) in [7, 11) is 1.88. The van der Waals surface area contributed by atoms with E-state index in [9.17, 15) is 4.39 Å². The van der Waals surface area contributed by atoms with Crippen LogP contribution in [0.25, 0.3) is 38.7 Å². The molecule has 0 amide bonds. The van der Waals surface area contributed by atoms with Crippen molar-refractivity contribution < 1.29 is 4.39 Å². The van der Waals surface area contributed by atoms with Crippen LogP contribution in [0.4, 0.5) is 10.3 Å². The summed E-state index contributed by atoms with van der Waals surface area (Å²) in [5, 5.41) is 6.86. The van der Waals surface area contributed by atoms with Gasteiger partial charge in [-0.2, -0.15) is 10.1 Å². The molecule has 8 nitrogen and oxygen atoms in total. The highest BCUT2D eigenvalue weighted by Crippen LogP contribution is 2.42. The molecule has 2 fully saturated rings. The van der Waals surface area contributed by atoms with Crippen molar-refractivity contribution in [2.24, 2.45) is 12.8 Å². The standard InChI is InChI=1S/C23H22ClFN8/c1-31-10-14-16(30-31)4-3-12(19(14)24)13-9-28-21-18(13)22-27-6-7-32(22)23(29-21)33-11-2-5-17(33)20(25)15(26)8-11/h3-4,6-7,9-11,15,17,20,28H,2,5,8,26H2,1H3/t11-,15-,17+,20-/m1/s1. The zero-order valence-electron chi connectivity index (χ0n) is 17.9. The van der Waals surface area contributed by atoms with Crippen molar-refractivity contribution in [1.29, 1.82) is 0 Å². The van der Waals surface area contributed by atoms with Crippen LogP contribution in [0, 0.1) is 0 Å². The van der Waals surface area contributed by atoms with Crippen molar-refractivity contribution in [3.05, 3.63) is 41.9 Å². The maximum Gasteiger partial charge on any atom is 0.213 e.